The van der Waals surface area contributed by atoms with Crippen LogP contribution in [0.4, 0.5) is 14.5 Å². The smallest absolute Gasteiger partial charge is 0.128 e. The highest BCUT2D eigenvalue weighted by molar-refractivity contribution is 5.43. The number of methoxy groups -OCH3 is 1. The molecule has 0 aromatic heterocycles. The van der Waals surface area contributed by atoms with Crippen molar-refractivity contribution in [3.63, 3.8) is 0 Å². The summed E-state index contributed by atoms with van der Waals surface area (Å²) >= 11 is 0. The fourth-order valence-corrected chi connectivity index (χ4v) is 1.80. The minimum Gasteiger partial charge on any atom is -0.497 e. The average Bonchev–Trinajstić information content (AvgIpc) is 2.38. The second-order valence-electron chi connectivity index (χ2n) is 4.18. The van der Waals surface area contributed by atoms with Gasteiger partial charge in [-0.1, -0.05) is 12.1 Å². The van der Waals surface area contributed by atoms with E-state index in [4.69, 9.17) is 4.74 Å². The third kappa shape index (κ3) is 3.95. The third-order valence-corrected chi connectivity index (χ3v) is 2.76. The Bertz CT molecular complexity index is 520. The first-order valence-corrected chi connectivity index (χ1v) is 6.00. The monoisotopic (exact) mass is 263 g/mol. The van der Waals surface area contributed by atoms with E-state index >= 15 is 0 Å². The standard InChI is InChI=1S/C15H15F2NO/c1-19-15-4-2-11(3-5-15)6-7-18-14-9-12(16)8-13(17)10-14/h2-5,8-10,18H,6-7H2,1H3. The molecule has 1 N–H and O–H groups in total. The number of halogens is 2. The predicted molar refractivity (Wildman–Crippen MR) is 71.5 cm³/mol. The van der Waals surface area contributed by atoms with Crippen molar-refractivity contribution in [2.75, 3.05) is 19.0 Å². The summed E-state index contributed by atoms with van der Waals surface area (Å²) < 4.78 is 31.0. The normalized spacial score (nSPS) is 10.3. The molecule has 0 atom stereocenters. The molecule has 0 heterocycles. The van der Waals surface area contributed by atoms with Gasteiger partial charge in [0.2, 0.25) is 0 Å². The van der Waals surface area contributed by atoms with Gasteiger partial charge in [-0.15, -0.1) is 0 Å². The molecule has 4 heteroatoms. The van der Waals surface area contributed by atoms with Crippen LogP contribution in [0.3, 0.4) is 0 Å². The van der Waals surface area contributed by atoms with Crippen LogP contribution in [0.15, 0.2) is 42.5 Å². The molecule has 0 spiro atoms. The van der Waals surface area contributed by atoms with Crippen LogP contribution in [0.25, 0.3) is 0 Å². The van der Waals surface area contributed by atoms with Gasteiger partial charge in [0.05, 0.1) is 7.11 Å². The lowest BCUT2D eigenvalue weighted by molar-refractivity contribution is 0.414. The number of anilines is 1. The summed E-state index contributed by atoms with van der Waals surface area (Å²) in [6.45, 7) is 0.606. The van der Waals surface area contributed by atoms with Crippen LogP contribution in [0.2, 0.25) is 0 Å². The van der Waals surface area contributed by atoms with Gasteiger partial charge < -0.3 is 10.1 Å². The Balaban J connectivity index is 1.88. The number of ether oxygens (including phenoxy) is 1. The molecule has 2 nitrogen and oxygen atoms in total. The van der Waals surface area contributed by atoms with Crippen molar-refractivity contribution in [3.05, 3.63) is 59.7 Å². The van der Waals surface area contributed by atoms with Gasteiger partial charge in [-0.2, -0.15) is 0 Å². The lowest BCUT2D eigenvalue weighted by Gasteiger charge is -2.07. The molecule has 2 aromatic carbocycles. The van der Waals surface area contributed by atoms with Gasteiger partial charge in [0.25, 0.3) is 0 Å². The first-order chi connectivity index (χ1) is 9.17. The zero-order valence-electron chi connectivity index (χ0n) is 10.6. The summed E-state index contributed by atoms with van der Waals surface area (Å²) in [7, 11) is 1.62. The first kappa shape index (κ1) is 13.3. The molecule has 2 aromatic rings. The molecule has 100 valence electrons. The maximum atomic E-state index is 13.0. The number of benzene rings is 2. The Kier molecular flexibility index (Phi) is 4.34. The average molecular weight is 263 g/mol. The van der Waals surface area contributed by atoms with Gasteiger partial charge >= 0.3 is 0 Å². The van der Waals surface area contributed by atoms with Crippen LogP contribution in [-0.4, -0.2) is 13.7 Å². The van der Waals surface area contributed by atoms with Crippen LogP contribution in [0.5, 0.6) is 5.75 Å². The Hall–Kier alpha value is -2.10. The Morgan fingerprint density at radius 2 is 1.63 bits per heavy atom. The summed E-state index contributed by atoms with van der Waals surface area (Å²) in [4.78, 5) is 0. The summed E-state index contributed by atoms with van der Waals surface area (Å²) in [5.74, 6) is -0.345. The van der Waals surface area contributed by atoms with Gasteiger partial charge in [0.1, 0.15) is 17.4 Å². The van der Waals surface area contributed by atoms with Crippen LogP contribution in [0, 0.1) is 11.6 Å². The molecule has 0 saturated carbocycles. The van der Waals surface area contributed by atoms with Gasteiger partial charge in [-0.3, -0.25) is 0 Å². The van der Waals surface area contributed by atoms with Crippen molar-refractivity contribution < 1.29 is 13.5 Å². The van der Waals surface area contributed by atoms with Crippen molar-refractivity contribution in [1.82, 2.24) is 0 Å². The maximum Gasteiger partial charge on any atom is 0.128 e. The summed E-state index contributed by atoms with van der Waals surface area (Å²) in [6.07, 6.45) is 0.766. The van der Waals surface area contributed by atoms with Crippen LogP contribution >= 0.6 is 0 Å². The van der Waals surface area contributed by atoms with Crippen molar-refractivity contribution in [3.8, 4) is 5.75 Å². The van der Waals surface area contributed by atoms with Crippen molar-refractivity contribution in [1.29, 1.82) is 0 Å². The number of nitrogens with one attached hydrogen (secondary N) is 1. The highest BCUT2D eigenvalue weighted by atomic mass is 19.1. The highest BCUT2D eigenvalue weighted by Gasteiger charge is 2.00. The van der Waals surface area contributed by atoms with Gasteiger partial charge in [0, 0.05) is 18.3 Å². The van der Waals surface area contributed by atoms with E-state index in [2.05, 4.69) is 5.32 Å². The van der Waals surface area contributed by atoms with Crippen LogP contribution in [-0.2, 0) is 6.42 Å². The maximum absolute atomic E-state index is 13.0. The third-order valence-electron chi connectivity index (χ3n) is 2.76. The van der Waals surface area contributed by atoms with E-state index in [9.17, 15) is 8.78 Å². The van der Waals surface area contributed by atoms with E-state index in [0.29, 0.717) is 12.2 Å². The second-order valence-corrected chi connectivity index (χ2v) is 4.18. The highest BCUT2D eigenvalue weighted by Crippen LogP contribution is 2.14. The topological polar surface area (TPSA) is 21.3 Å². The molecule has 0 saturated heterocycles. The fourth-order valence-electron chi connectivity index (χ4n) is 1.80. The molecule has 0 aliphatic carbocycles. The molecular formula is C15H15F2NO. The molecule has 0 aliphatic heterocycles. The van der Waals surface area contributed by atoms with Crippen molar-refractivity contribution in [2.45, 2.75) is 6.42 Å². The minimum atomic E-state index is -0.577. The zero-order valence-corrected chi connectivity index (χ0v) is 10.6. The van der Waals surface area contributed by atoms with E-state index < -0.39 is 11.6 Å². The summed E-state index contributed by atoms with van der Waals surface area (Å²) in [5, 5.41) is 2.99. The molecule has 2 rings (SSSR count). The summed E-state index contributed by atoms with van der Waals surface area (Å²) in [5.41, 5.74) is 1.58. The van der Waals surface area contributed by atoms with Gasteiger partial charge in [-0.25, -0.2) is 8.78 Å². The Morgan fingerprint density at radius 1 is 1.00 bits per heavy atom. The molecule has 0 aliphatic rings. The van der Waals surface area contributed by atoms with E-state index in [1.54, 1.807) is 7.11 Å². The SMILES string of the molecule is COc1ccc(CCNc2cc(F)cc(F)c2)cc1. The fraction of sp³-hybridized carbons (Fsp3) is 0.200. The second kappa shape index (κ2) is 6.18. The molecule has 0 unspecified atom stereocenters. The molecule has 19 heavy (non-hydrogen) atoms. The Morgan fingerprint density at radius 3 is 2.21 bits per heavy atom. The molecule has 0 radical (unpaired) electrons. The van der Waals surface area contributed by atoms with Crippen LogP contribution in [0.1, 0.15) is 5.56 Å². The largest absolute Gasteiger partial charge is 0.497 e. The zero-order chi connectivity index (χ0) is 13.7. The number of rotatable bonds is 5. The number of hydrogen-bond donors (Lipinski definition) is 1. The quantitative estimate of drug-likeness (QED) is 0.889. The van der Waals surface area contributed by atoms with E-state index in [1.807, 2.05) is 24.3 Å². The van der Waals surface area contributed by atoms with Gasteiger partial charge in [0.15, 0.2) is 0 Å². The van der Waals surface area contributed by atoms with E-state index in [1.165, 1.54) is 12.1 Å². The van der Waals surface area contributed by atoms with E-state index in [-0.39, 0.29) is 0 Å². The molecule has 0 bridgehead atoms. The lowest BCUT2D eigenvalue weighted by Crippen LogP contribution is -2.05. The van der Waals surface area contributed by atoms with Crippen LogP contribution < -0.4 is 10.1 Å². The summed E-state index contributed by atoms with van der Waals surface area (Å²) in [6, 6.07) is 11.1. The first-order valence-electron chi connectivity index (χ1n) is 6.00. The molecule has 0 fully saturated rings. The molecule has 0 amide bonds. The van der Waals surface area contributed by atoms with Gasteiger partial charge in [-0.05, 0) is 36.2 Å². The number of hydrogen-bond acceptors (Lipinski definition) is 2. The minimum absolute atomic E-state index is 0.450. The molecular weight excluding hydrogens is 248 g/mol. The Labute approximate surface area is 111 Å². The predicted octanol–water partition coefficient (Wildman–Crippen LogP) is 3.63. The van der Waals surface area contributed by atoms with Crippen molar-refractivity contribution >= 4 is 5.69 Å². The van der Waals surface area contributed by atoms with E-state index in [0.717, 1.165) is 23.8 Å². The van der Waals surface area contributed by atoms with Crippen molar-refractivity contribution in [2.24, 2.45) is 0 Å². The lowest BCUT2D eigenvalue weighted by atomic mass is 10.1.